The maximum Gasteiger partial charge on any atom is 0.330 e. The van der Waals surface area contributed by atoms with Crippen LogP contribution >= 0.6 is 11.6 Å². The van der Waals surface area contributed by atoms with E-state index in [4.69, 9.17) is 16.3 Å². The van der Waals surface area contributed by atoms with Crippen molar-refractivity contribution in [2.45, 2.75) is 13.3 Å². The van der Waals surface area contributed by atoms with Crippen LogP contribution in [0.3, 0.4) is 0 Å². The van der Waals surface area contributed by atoms with Gasteiger partial charge in [-0.1, -0.05) is 30.7 Å². The average molecular weight is 225 g/mol. The summed E-state index contributed by atoms with van der Waals surface area (Å²) in [6.07, 6.45) is 3.92. The summed E-state index contributed by atoms with van der Waals surface area (Å²) in [6.45, 7) is 2.41. The first kappa shape index (κ1) is 11.8. The van der Waals surface area contributed by atoms with E-state index in [0.29, 0.717) is 11.6 Å². The number of rotatable bonds is 4. The molecule has 0 aliphatic carbocycles. The molecule has 0 spiro atoms. The summed E-state index contributed by atoms with van der Waals surface area (Å²) in [4.78, 5) is 11.1. The van der Waals surface area contributed by atoms with Gasteiger partial charge >= 0.3 is 5.97 Å². The van der Waals surface area contributed by atoms with Gasteiger partial charge in [-0.25, -0.2) is 4.79 Å². The lowest BCUT2D eigenvalue weighted by Gasteiger charge is -1.97. The van der Waals surface area contributed by atoms with Crippen LogP contribution in [0.2, 0.25) is 5.02 Å². The maximum atomic E-state index is 11.1. The molecule has 3 heteroatoms. The molecule has 0 saturated heterocycles. The summed E-state index contributed by atoms with van der Waals surface area (Å²) in [5.74, 6) is -0.322. The minimum absolute atomic E-state index is 0.322. The van der Waals surface area contributed by atoms with Crippen molar-refractivity contribution in [3.8, 4) is 0 Å². The van der Waals surface area contributed by atoms with Crippen LogP contribution in [-0.2, 0) is 9.53 Å². The summed E-state index contributed by atoms with van der Waals surface area (Å²) in [5.41, 5.74) is 0.885. The third-order valence-corrected chi connectivity index (χ3v) is 1.94. The second kappa shape index (κ2) is 6.25. The number of hydrogen-bond donors (Lipinski definition) is 0. The van der Waals surface area contributed by atoms with Crippen LogP contribution < -0.4 is 0 Å². The van der Waals surface area contributed by atoms with Crippen LogP contribution in [0.15, 0.2) is 30.3 Å². The van der Waals surface area contributed by atoms with Crippen molar-refractivity contribution in [3.05, 3.63) is 40.9 Å². The van der Waals surface area contributed by atoms with E-state index in [1.54, 1.807) is 18.2 Å². The molecule has 0 saturated carbocycles. The first-order chi connectivity index (χ1) is 7.22. The van der Waals surface area contributed by atoms with E-state index in [9.17, 15) is 4.79 Å². The molecule has 0 amide bonds. The minimum Gasteiger partial charge on any atom is -0.463 e. The van der Waals surface area contributed by atoms with Crippen LogP contribution in [0.4, 0.5) is 0 Å². The van der Waals surface area contributed by atoms with Crippen molar-refractivity contribution in [3.63, 3.8) is 0 Å². The fourth-order valence-electron chi connectivity index (χ4n) is 1.03. The van der Waals surface area contributed by atoms with E-state index in [1.807, 2.05) is 19.1 Å². The third kappa shape index (κ3) is 4.66. The zero-order valence-corrected chi connectivity index (χ0v) is 9.33. The minimum atomic E-state index is -0.322. The van der Waals surface area contributed by atoms with Gasteiger partial charge < -0.3 is 4.74 Å². The molecule has 0 atom stereocenters. The molecule has 2 nitrogen and oxygen atoms in total. The van der Waals surface area contributed by atoms with Crippen LogP contribution in [0.5, 0.6) is 0 Å². The highest BCUT2D eigenvalue weighted by Crippen LogP contribution is 2.11. The summed E-state index contributed by atoms with van der Waals surface area (Å²) in [6, 6.07) is 7.27. The summed E-state index contributed by atoms with van der Waals surface area (Å²) < 4.78 is 4.88. The molecule has 1 rings (SSSR count). The molecular weight excluding hydrogens is 212 g/mol. The number of esters is 1. The van der Waals surface area contributed by atoms with Crippen molar-refractivity contribution in [1.82, 2.24) is 0 Å². The molecule has 1 aromatic carbocycles. The van der Waals surface area contributed by atoms with Crippen LogP contribution in [-0.4, -0.2) is 12.6 Å². The molecule has 0 heterocycles. The lowest BCUT2D eigenvalue weighted by atomic mass is 10.2. The highest BCUT2D eigenvalue weighted by atomic mass is 35.5. The SMILES string of the molecule is CCCOC(=O)/C=C/c1cccc(Cl)c1. The molecule has 0 unspecified atom stereocenters. The normalized spacial score (nSPS) is 10.5. The van der Waals surface area contributed by atoms with Gasteiger partial charge in [-0.2, -0.15) is 0 Å². The Labute approximate surface area is 94.5 Å². The number of halogens is 1. The largest absolute Gasteiger partial charge is 0.463 e. The van der Waals surface area contributed by atoms with Gasteiger partial charge in [-0.3, -0.25) is 0 Å². The van der Waals surface area contributed by atoms with Gasteiger partial charge in [0.25, 0.3) is 0 Å². The van der Waals surface area contributed by atoms with Crippen molar-refractivity contribution in [1.29, 1.82) is 0 Å². The molecule has 0 N–H and O–H groups in total. The second-order valence-corrected chi connectivity index (χ2v) is 3.49. The molecule has 1 aromatic rings. The Morgan fingerprint density at radius 3 is 3.00 bits per heavy atom. The zero-order chi connectivity index (χ0) is 11.1. The lowest BCUT2D eigenvalue weighted by molar-refractivity contribution is -0.137. The molecule has 0 radical (unpaired) electrons. The molecule has 0 aromatic heterocycles. The Hall–Kier alpha value is -1.28. The predicted molar refractivity (Wildman–Crippen MR) is 61.7 cm³/mol. The van der Waals surface area contributed by atoms with E-state index in [1.165, 1.54) is 6.08 Å². The molecule has 0 fully saturated rings. The van der Waals surface area contributed by atoms with Crippen molar-refractivity contribution < 1.29 is 9.53 Å². The number of hydrogen-bond acceptors (Lipinski definition) is 2. The second-order valence-electron chi connectivity index (χ2n) is 3.06. The van der Waals surface area contributed by atoms with Crippen LogP contribution in [0.25, 0.3) is 6.08 Å². The third-order valence-electron chi connectivity index (χ3n) is 1.71. The van der Waals surface area contributed by atoms with Gasteiger partial charge in [0.15, 0.2) is 0 Å². The van der Waals surface area contributed by atoms with E-state index in [0.717, 1.165) is 12.0 Å². The standard InChI is InChI=1S/C12H13ClO2/c1-2-8-15-12(14)7-6-10-4-3-5-11(13)9-10/h3-7,9H,2,8H2,1H3/b7-6+. The summed E-state index contributed by atoms with van der Waals surface area (Å²) in [5, 5.41) is 0.652. The van der Waals surface area contributed by atoms with Crippen molar-refractivity contribution in [2.75, 3.05) is 6.61 Å². The number of ether oxygens (including phenoxy) is 1. The smallest absolute Gasteiger partial charge is 0.330 e. The van der Waals surface area contributed by atoms with Gasteiger partial charge in [0, 0.05) is 11.1 Å². The summed E-state index contributed by atoms with van der Waals surface area (Å²) >= 11 is 5.79. The van der Waals surface area contributed by atoms with Crippen LogP contribution in [0.1, 0.15) is 18.9 Å². The van der Waals surface area contributed by atoms with Gasteiger partial charge in [-0.05, 0) is 30.2 Å². The Kier molecular flexibility index (Phi) is 4.91. The molecule has 15 heavy (non-hydrogen) atoms. The lowest BCUT2D eigenvalue weighted by Crippen LogP contribution is -2.00. The van der Waals surface area contributed by atoms with Crippen LogP contribution in [0, 0.1) is 0 Å². The Bertz CT molecular complexity index is 358. The predicted octanol–water partition coefficient (Wildman–Crippen LogP) is 3.31. The Balaban J connectivity index is 2.53. The van der Waals surface area contributed by atoms with Crippen molar-refractivity contribution in [2.24, 2.45) is 0 Å². The average Bonchev–Trinajstić information content (AvgIpc) is 2.23. The van der Waals surface area contributed by atoms with Gasteiger partial charge in [0.2, 0.25) is 0 Å². The van der Waals surface area contributed by atoms with E-state index in [-0.39, 0.29) is 5.97 Å². The molecule has 0 bridgehead atoms. The summed E-state index contributed by atoms with van der Waals surface area (Å²) in [7, 11) is 0. The van der Waals surface area contributed by atoms with Crippen molar-refractivity contribution >= 4 is 23.6 Å². The molecular formula is C12H13ClO2. The van der Waals surface area contributed by atoms with E-state index in [2.05, 4.69) is 0 Å². The zero-order valence-electron chi connectivity index (χ0n) is 8.57. The van der Waals surface area contributed by atoms with Gasteiger partial charge in [0.05, 0.1) is 6.61 Å². The van der Waals surface area contributed by atoms with Gasteiger partial charge in [0.1, 0.15) is 0 Å². The molecule has 0 aliphatic rings. The van der Waals surface area contributed by atoms with E-state index < -0.39 is 0 Å². The molecule has 80 valence electrons. The number of benzene rings is 1. The fraction of sp³-hybridized carbons (Fsp3) is 0.250. The quantitative estimate of drug-likeness (QED) is 0.580. The Morgan fingerprint density at radius 1 is 1.53 bits per heavy atom. The highest BCUT2D eigenvalue weighted by molar-refractivity contribution is 6.30. The first-order valence-electron chi connectivity index (χ1n) is 4.83. The maximum absolute atomic E-state index is 11.1. The molecule has 0 aliphatic heterocycles. The topological polar surface area (TPSA) is 26.3 Å². The first-order valence-corrected chi connectivity index (χ1v) is 5.20. The Morgan fingerprint density at radius 2 is 2.33 bits per heavy atom. The van der Waals surface area contributed by atoms with Gasteiger partial charge in [-0.15, -0.1) is 0 Å². The fourth-order valence-corrected chi connectivity index (χ4v) is 1.22. The monoisotopic (exact) mass is 224 g/mol. The van der Waals surface area contributed by atoms with E-state index >= 15 is 0 Å². The number of carbonyl (C=O) groups excluding carboxylic acids is 1. The highest BCUT2D eigenvalue weighted by Gasteiger charge is 1.95. The number of carbonyl (C=O) groups is 1.